The lowest BCUT2D eigenvalue weighted by atomic mass is 10.1. The number of nitrogens with zero attached hydrogens (tertiary/aromatic N) is 2. The van der Waals surface area contributed by atoms with Crippen molar-refractivity contribution in [2.24, 2.45) is 5.92 Å². The van der Waals surface area contributed by atoms with Gasteiger partial charge in [0, 0.05) is 11.1 Å². The van der Waals surface area contributed by atoms with Crippen LogP contribution in [0.25, 0.3) is 11.4 Å². The Labute approximate surface area is 123 Å². The molecule has 0 aliphatic heterocycles. The standard InChI is InChI=1S/C15H16Cl2N2/c1-9(2)7-12-13(16)18-15(19-14(12)17)11-6-4-5-10(3)8-11/h4-6,8-9H,7H2,1-3H3. The summed E-state index contributed by atoms with van der Waals surface area (Å²) in [6, 6.07) is 7.97. The summed E-state index contributed by atoms with van der Waals surface area (Å²) in [6.07, 6.45) is 0.783. The molecule has 1 heterocycles. The van der Waals surface area contributed by atoms with Gasteiger partial charge in [-0.2, -0.15) is 0 Å². The van der Waals surface area contributed by atoms with Gasteiger partial charge in [0.15, 0.2) is 5.82 Å². The first-order valence-electron chi connectivity index (χ1n) is 6.26. The van der Waals surface area contributed by atoms with E-state index in [0.29, 0.717) is 22.0 Å². The van der Waals surface area contributed by atoms with Crippen molar-refractivity contribution in [1.29, 1.82) is 0 Å². The molecule has 2 aromatic rings. The molecular formula is C15H16Cl2N2. The highest BCUT2D eigenvalue weighted by atomic mass is 35.5. The summed E-state index contributed by atoms with van der Waals surface area (Å²) in [4.78, 5) is 8.74. The largest absolute Gasteiger partial charge is 0.216 e. The third-order valence-corrected chi connectivity index (χ3v) is 3.42. The molecule has 0 saturated carbocycles. The minimum atomic E-state index is 0.449. The summed E-state index contributed by atoms with van der Waals surface area (Å²) in [5.74, 6) is 1.04. The van der Waals surface area contributed by atoms with Gasteiger partial charge in [0.1, 0.15) is 10.3 Å². The molecule has 0 bridgehead atoms. The predicted molar refractivity (Wildman–Crippen MR) is 80.8 cm³/mol. The zero-order valence-corrected chi connectivity index (χ0v) is 12.8. The number of aryl methyl sites for hydroxylation is 1. The first-order valence-corrected chi connectivity index (χ1v) is 7.02. The average molecular weight is 295 g/mol. The van der Waals surface area contributed by atoms with Crippen molar-refractivity contribution in [3.8, 4) is 11.4 Å². The first-order chi connectivity index (χ1) is 8.97. The molecule has 0 unspecified atom stereocenters. The van der Waals surface area contributed by atoms with Gasteiger partial charge in [-0.1, -0.05) is 60.8 Å². The maximum absolute atomic E-state index is 6.23. The molecule has 2 rings (SSSR count). The number of rotatable bonds is 3. The quantitative estimate of drug-likeness (QED) is 0.748. The molecular weight excluding hydrogens is 279 g/mol. The van der Waals surface area contributed by atoms with Crippen LogP contribution >= 0.6 is 23.2 Å². The normalized spacial score (nSPS) is 11.1. The van der Waals surface area contributed by atoms with E-state index in [2.05, 4.69) is 23.8 Å². The van der Waals surface area contributed by atoms with E-state index in [-0.39, 0.29) is 0 Å². The Morgan fingerprint density at radius 2 is 1.74 bits per heavy atom. The fourth-order valence-corrected chi connectivity index (χ4v) is 2.46. The van der Waals surface area contributed by atoms with Crippen LogP contribution in [0.1, 0.15) is 25.0 Å². The van der Waals surface area contributed by atoms with Crippen molar-refractivity contribution in [2.45, 2.75) is 27.2 Å². The molecule has 0 saturated heterocycles. The van der Waals surface area contributed by atoms with Gasteiger partial charge < -0.3 is 0 Å². The highest BCUT2D eigenvalue weighted by Gasteiger charge is 2.14. The molecule has 4 heteroatoms. The van der Waals surface area contributed by atoms with Crippen LogP contribution in [0.2, 0.25) is 10.3 Å². The topological polar surface area (TPSA) is 25.8 Å². The summed E-state index contributed by atoms with van der Waals surface area (Å²) in [6.45, 7) is 6.25. The second-order valence-corrected chi connectivity index (χ2v) is 5.79. The highest BCUT2D eigenvalue weighted by Crippen LogP contribution is 2.27. The van der Waals surface area contributed by atoms with E-state index in [0.717, 1.165) is 23.1 Å². The van der Waals surface area contributed by atoms with Gasteiger partial charge in [-0.15, -0.1) is 0 Å². The fourth-order valence-electron chi connectivity index (χ4n) is 1.92. The lowest BCUT2D eigenvalue weighted by Gasteiger charge is -2.10. The van der Waals surface area contributed by atoms with Gasteiger partial charge in [0.2, 0.25) is 0 Å². The molecule has 0 spiro atoms. The minimum Gasteiger partial charge on any atom is -0.216 e. The lowest BCUT2D eigenvalue weighted by molar-refractivity contribution is 0.644. The van der Waals surface area contributed by atoms with E-state index < -0.39 is 0 Å². The zero-order valence-electron chi connectivity index (χ0n) is 11.2. The third kappa shape index (κ3) is 3.46. The Balaban J connectivity index is 2.45. The fraction of sp³-hybridized carbons (Fsp3) is 0.333. The van der Waals surface area contributed by atoms with Gasteiger partial charge >= 0.3 is 0 Å². The van der Waals surface area contributed by atoms with E-state index in [1.807, 2.05) is 31.2 Å². The van der Waals surface area contributed by atoms with E-state index in [1.54, 1.807) is 0 Å². The van der Waals surface area contributed by atoms with Gasteiger partial charge in [0.05, 0.1) is 0 Å². The van der Waals surface area contributed by atoms with Crippen molar-refractivity contribution in [2.75, 3.05) is 0 Å². The molecule has 0 aliphatic carbocycles. The maximum atomic E-state index is 6.23. The Kier molecular flexibility index (Phi) is 4.43. The van der Waals surface area contributed by atoms with Gasteiger partial charge in [-0.3, -0.25) is 0 Å². The summed E-state index contributed by atoms with van der Waals surface area (Å²) in [7, 11) is 0. The molecule has 0 aliphatic rings. The third-order valence-electron chi connectivity index (χ3n) is 2.79. The molecule has 19 heavy (non-hydrogen) atoms. The molecule has 0 amide bonds. The number of benzene rings is 1. The molecule has 1 aromatic carbocycles. The minimum absolute atomic E-state index is 0.449. The average Bonchev–Trinajstić information content (AvgIpc) is 2.33. The Morgan fingerprint density at radius 3 is 2.26 bits per heavy atom. The predicted octanol–water partition coefficient (Wildman–Crippen LogP) is 4.96. The van der Waals surface area contributed by atoms with Crippen molar-refractivity contribution in [3.63, 3.8) is 0 Å². The van der Waals surface area contributed by atoms with Gasteiger partial charge in [-0.05, 0) is 25.3 Å². The molecule has 2 nitrogen and oxygen atoms in total. The number of hydrogen-bond acceptors (Lipinski definition) is 2. The van der Waals surface area contributed by atoms with Crippen molar-refractivity contribution < 1.29 is 0 Å². The molecule has 0 atom stereocenters. The lowest BCUT2D eigenvalue weighted by Crippen LogP contribution is -2.01. The monoisotopic (exact) mass is 294 g/mol. The Hall–Kier alpha value is -1.12. The summed E-state index contributed by atoms with van der Waals surface area (Å²) in [5.41, 5.74) is 2.91. The Bertz CT molecular complexity index is 571. The van der Waals surface area contributed by atoms with Crippen LogP contribution in [-0.2, 0) is 6.42 Å². The molecule has 0 fully saturated rings. The summed E-state index contributed by atoms with van der Waals surface area (Å²) < 4.78 is 0. The van der Waals surface area contributed by atoms with E-state index >= 15 is 0 Å². The highest BCUT2D eigenvalue weighted by molar-refractivity contribution is 6.34. The SMILES string of the molecule is Cc1cccc(-c2nc(Cl)c(CC(C)C)c(Cl)n2)c1. The van der Waals surface area contributed by atoms with Crippen LogP contribution in [0.4, 0.5) is 0 Å². The van der Waals surface area contributed by atoms with Crippen LogP contribution < -0.4 is 0 Å². The zero-order chi connectivity index (χ0) is 14.0. The molecule has 1 aromatic heterocycles. The first kappa shape index (κ1) is 14.3. The van der Waals surface area contributed by atoms with Crippen LogP contribution in [-0.4, -0.2) is 9.97 Å². The second kappa shape index (κ2) is 5.89. The molecule has 0 N–H and O–H groups in total. The second-order valence-electron chi connectivity index (χ2n) is 5.07. The smallest absolute Gasteiger partial charge is 0.162 e. The molecule has 0 radical (unpaired) electrons. The van der Waals surface area contributed by atoms with Crippen LogP contribution in [0.3, 0.4) is 0 Å². The van der Waals surface area contributed by atoms with Gasteiger partial charge in [0.25, 0.3) is 0 Å². The summed E-state index contributed by atoms with van der Waals surface area (Å²) >= 11 is 12.5. The van der Waals surface area contributed by atoms with Crippen molar-refractivity contribution in [3.05, 3.63) is 45.7 Å². The number of aromatic nitrogens is 2. The molecule has 100 valence electrons. The van der Waals surface area contributed by atoms with Crippen LogP contribution in [0.5, 0.6) is 0 Å². The maximum Gasteiger partial charge on any atom is 0.162 e. The number of hydrogen-bond donors (Lipinski definition) is 0. The Morgan fingerprint density at radius 1 is 1.11 bits per heavy atom. The van der Waals surface area contributed by atoms with Crippen LogP contribution in [0.15, 0.2) is 24.3 Å². The van der Waals surface area contributed by atoms with E-state index in [9.17, 15) is 0 Å². The van der Waals surface area contributed by atoms with Gasteiger partial charge in [-0.25, -0.2) is 9.97 Å². The van der Waals surface area contributed by atoms with Crippen LogP contribution in [0, 0.1) is 12.8 Å². The summed E-state index contributed by atoms with van der Waals surface area (Å²) in [5, 5.41) is 0.899. The number of halogens is 2. The van der Waals surface area contributed by atoms with Crippen molar-refractivity contribution in [1.82, 2.24) is 9.97 Å². The van der Waals surface area contributed by atoms with E-state index in [1.165, 1.54) is 0 Å². The van der Waals surface area contributed by atoms with Crippen molar-refractivity contribution >= 4 is 23.2 Å². The van der Waals surface area contributed by atoms with E-state index in [4.69, 9.17) is 23.2 Å².